The Hall–Kier alpha value is -2.27. The maximum atomic E-state index is 4.41. The summed E-state index contributed by atoms with van der Waals surface area (Å²) in [5.41, 5.74) is 2.82. The van der Waals surface area contributed by atoms with E-state index in [1.54, 1.807) is 0 Å². The van der Waals surface area contributed by atoms with Crippen molar-refractivity contribution in [2.45, 2.75) is 51.7 Å². The third kappa shape index (κ3) is 7.10. The Morgan fingerprint density at radius 3 is 1.97 bits per heavy atom. The summed E-state index contributed by atoms with van der Waals surface area (Å²) in [6, 6.07) is 22.2. The van der Waals surface area contributed by atoms with Crippen LogP contribution in [0, 0.1) is 11.3 Å². The van der Waals surface area contributed by atoms with Crippen LogP contribution in [0.5, 0.6) is 0 Å². The summed E-state index contributed by atoms with van der Waals surface area (Å²) >= 11 is 0. The minimum Gasteiger partial charge on any atom is -0.317 e. The summed E-state index contributed by atoms with van der Waals surface area (Å²) in [6.07, 6.45) is 6.56. The van der Waals surface area contributed by atoms with Gasteiger partial charge < -0.3 is 16.0 Å². The summed E-state index contributed by atoms with van der Waals surface area (Å²) in [5.74, 6) is 0.477. The lowest BCUT2D eigenvalue weighted by atomic mass is 9.77. The predicted octanol–water partition coefficient (Wildman–Crippen LogP) is 4.99. The number of hydrogen-bond donors (Lipinski definition) is 3. The van der Waals surface area contributed by atoms with E-state index in [2.05, 4.69) is 121 Å². The first-order valence-corrected chi connectivity index (χ1v) is 12.4. The molecule has 0 unspecified atom stereocenters. The molecule has 3 rings (SSSR count). The van der Waals surface area contributed by atoms with Gasteiger partial charge >= 0.3 is 0 Å². The maximum absolute atomic E-state index is 4.41. The first-order valence-electron chi connectivity index (χ1n) is 12.4. The van der Waals surface area contributed by atoms with Gasteiger partial charge in [0.05, 0.1) is 12.1 Å². The highest BCUT2D eigenvalue weighted by Crippen LogP contribution is 2.31. The van der Waals surface area contributed by atoms with Crippen molar-refractivity contribution in [3.8, 4) is 0 Å². The number of hydrogen-bond acceptors (Lipinski definition) is 4. The number of aliphatic imine (C=N–C) groups is 1. The molecule has 0 aromatic heterocycles. The summed E-state index contributed by atoms with van der Waals surface area (Å²) in [4.78, 5) is 4.41. The van der Waals surface area contributed by atoms with Crippen molar-refractivity contribution in [3.05, 3.63) is 83.9 Å². The lowest BCUT2D eigenvalue weighted by molar-refractivity contribution is 0.168. The fourth-order valence-electron chi connectivity index (χ4n) is 4.99. The van der Waals surface area contributed by atoms with Crippen molar-refractivity contribution < 1.29 is 0 Å². The molecule has 1 fully saturated rings. The molecule has 0 saturated carbocycles. The maximum Gasteiger partial charge on any atom is 0.0828 e. The molecule has 0 bridgehead atoms. The Labute approximate surface area is 201 Å². The standard InChI is InChI=1S/C29H42N4/c1-5-12-26(30-4)27(23(2)3)32-21-29(17-19-31-20-18-29)22-33-28(24-13-8-6-9-14-24)25-15-10-7-11-16-25/h5-16,23,26-28,31-33H,4,17-22H2,1-3H3/b12-5-/t26-,27+/m0/s1. The summed E-state index contributed by atoms with van der Waals surface area (Å²) < 4.78 is 0. The minimum atomic E-state index is 0.100. The highest BCUT2D eigenvalue weighted by Gasteiger charge is 2.34. The van der Waals surface area contributed by atoms with Crippen LogP contribution in [0.1, 0.15) is 50.8 Å². The van der Waals surface area contributed by atoms with E-state index >= 15 is 0 Å². The van der Waals surface area contributed by atoms with Crippen molar-refractivity contribution >= 4 is 6.72 Å². The Balaban J connectivity index is 1.78. The lowest BCUT2D eigenvalue weighted by Gasteiger charge is -2.41. The van der Waals surface area contributed by atoms with Crippen LogP contribution in [0.3, 0.4) is 0 Å². The number of piperidine rings is 1. The third-order valence-corrected chi connectivity index (χ3v) is 7.01. The van der Waals surface area contributed by atoms with Crippen molar-refractivity contribution in [1.82, 2.24) is 16.0 Å². The monoisotopic (exact) mass is 446 g/mol. The smallest absolute Gasteiger partial charge is 0.0828 e. The molecule has 4 heteroatoms. The van der Waals surface area contributed by atoms with E-state index in [4.69, 9.17) is 0 Å². The zero-order chi connectivity index (χ0) is 23.5. The first-order chi connectivity index (χ1) is 16.1. The van der Waals surface area contributed by atoms with Gasteiger partial charge in [0.1, 0.15) is 0 Å². The topological polar surface area (TPSA) is 48.5 Å². The van der Waals surface area contributed by atoms with Crippen LogP contribution in [-0.2, 0) is 0 Å². The van der Waals surface area contributed by atoms with E-state index in [-0.39, 0.29) is 23.5 Å². The number of benzene rings is 2. The normalized spacial score (nSPS) is 18.0. The van der Waals surface area contributed by atoms with Gasteiger partial charge in [-0.15, -0.1) is 0 Å². The fourth-order valence-corrected chi connectivity index (χ4v) is 4.99. The van der Waals surface area contributed by atoms with Gasteiger partial charge in [-0.3, -0.25) is 4.99 Å². The van der Waals surface area contributed by atoms with Gasteiger partial charge in [-0.25, -0.2) is 0 Å². The Kier molecular flexibility index (Phi) is 9.86. The SMILES string of the molecule is C=N[C@@H](/C=C\C)[C@H](NCC1(CNC(c2ccccc2)c2ccccc2)CCNCC1)C(C)C. The highest BCUT2D eigenvalue weighted by atomic mass is 15.0. The molecule has 1 heterocycles. The molecular weight excluding hydrogens is 404 g/mol. The molecule has 1 saturated heterocycles. The molecule has 2 aromatic carbocycles. The van der Waals surface area contributed by atoms with Gasteiger partial charge in [0.2, 0.25) is 0 Å². The van der Waals surface area contributed by atoms with Crippen LogP contribution in [0.25, 0.3) is 0 Å². The number of allylic oxidation sites excluding steroid dienone is 1. The van der Waals surface area contributed by atoms with Crippen molar-refractivity contribution in [2.24, 2.45) is 16.3 Å². The van der Waals surface area contributed by atoms with Crippen LogP contribution in [0.4, 0.5) is 0 Å². The average molecular weight is 447 g/mol. The Morgan fingerprint density at radius 2 is 1.48 bits per heavy atom. The Bertz CT molecular complexity index is 801. The zero-order valence-electron chi connectivity index (χ0n) is 20.6. The minimum absolute atomic E-state index is 0.100. The summed E-state index contributed by atoms with van der Waals surface area (Å²) in [5, 5.41) is 11.4. The largest absolute Gasteiger partial charge is 0.317 e. The fraction of sp³-hybridized carbons (Fsp3) is 0.483. The van der Waals surface area contributed by atoms with E-state index in [1.165, 1.54) is 11.1 Å². The van der Waals surface area contributed by atoms with Gasteiger partial charge in [0, 0.05) is 19.1 Å². The third-order valence-electron chi connectivity index (χ3n) is 7.01. The molecule has 0 radical (unpaired) electrons. The van der Waals surface area contributed by atoms with E-state index in [9.17, 15) is 0 Å². The van der Waals surface area contributed by atoms with Crippen LogP contribution >= 0.6 is 0 Å². The number of nitrogens with one attached hydrogen (secondary N) is 3. The summed E-state index contributed by atoms with van der Waals surface area (Å²) in [6.45, 7) is 14.5. The van der Waals surface area contributed by atoms with E-state index in [0.29, 0.717) is 5.92 Å². The molecule has 178 valence electrons. The molecule has 2 aromatic rings. The average Bonchev–Trinajstić information content (AvgIpc) is 2.85. The molecule has 1 aliphatic heterocycles. The molecule has 0 spiro atoms. The second kappa shape index (κ2) is 12.8. The van der Waals surface area contributed by atoms with Gasteiger partial charge in [-0.2, -0.15) is 0 Å². The van der Waals surface area contributed by atoms with E-state index in [0.717, 1.165) is 39.0 Å². The van der Waals surface area contributed by atoms with Crippen LogP contribution in [0.2, 0.25) is 0 Å². The molecule has 3 N–H and O–H groups in total. The van der Waals surface area contributed by atoms with Gasteiger partial charge in [-0.1, -0.05) is 86.7 Å². The van der Waals surface area contributed by atoms with Gasteiger partial charge in [0.25, 0.3) is 0 Å². The lowest BCUT2D eigenvalue weighted by Crippen LogP contribution is -2.53. The van der Waals surface area contributed by atoms with Crippen LogP contribution in [-0.4, -0.2) is 45.0 Å². The first kappa shape index (κ1) is 25.4. The molecule has 4 nitrogen and oxygen atoms in total. The second-order valence-corrected chi connectivity index (χ2v) is 9.73. The van der Waals surface area contributed by atoms with Gasteiger partial charge in [-0.05, 0) is 62.0 Å². The quantitative estimate of drug-likeness (QED) is 0.318. The molecule has 2 atom stereocenters. The zero-order valence-corrected chi connectivity index (χ0v) is 20.6. The van der Waals surface area contributed by atoms with Crippen LogP contribution in [0.15, 0.2) is 77.8 Å². The van der Waals surface area contributed by atoms with Crippen molar-refractivity contribution in [2.75, 3.05) is 26.2 Å². The summed E-state index contributed by atoms with van der Waals surface area (Å²) in [7, 11) is 0. The highest BCUT2D eigenvalue weighted by molar-refractivity contribution is 5.31. The van der Waals surface area contributed by atoms with Crippen LogP contribution < -0.4 is 16.0 Å². The van der Waals surface area contributed by atoms with E-state index < -0.39 is 0 Å². The van der Waals surface area contributed by atoms with E-state index in [1.807, 2.05) is 0 Å². The number of rotatable bonds is 12. The molecular formula is C29H42N4. The molecule has 0 aliphatic carbocycles. The molecule has 33 heavy (non-hydrogen) atoms. The van der Waals surface area contributed by atoms with Crippen molar-refractivity contribution in [1.29, 1.82) is 0 Å². The van der Waals surface area contributed by atoms with Gasteiger partial charge in [0.15, 0.2) is 0 Å². The molecule has 0 amide bonds. The Morgan fingerprint density at radius 1 is 0.939 bits per heavy atom. The predicted molar refractivity (Wildman–Crippen MR) is 142 cm³/mol. The molecule has 1 aliphatic rings. The number of nitrogens with zero attached hydrogens (tertiary/aromatic N) is 1. The second-order valence-electron chi connectivity index (χ2n) is 9.73. The van der Waals surface area contributed by atoms with Crippen molar-refractivity contribution in [3.63, 3.8) is 0 Å².